The van der Waals surface area contributed by atoms with Crippen LogP contribution in [0, 0.1) is 11.6 Å². The van der Waals surface area contributed by atoms with Gasteiger partial charge in [-0.25, -0.2) is 18.2 Å². The lowest BCUT2D eigenvalue weighted by atomic mass is 9.97. The number of phenolic OH excluding ortho intramolecular Hbond substituents is 1. The maximum atomic E-state index is 16.1. The molecule has 1 saturated heterocycles. The third-order valence-electron chi connectivity index (χ3n) is 8.15. The largest absolute Gasteiger partial charge is 0.508 e. The van der Waals surface area contributed by atoms with E-state index in [0.29, 0.717) is 66.4 Å². The van der Waals surface area contributed by atoms with Crippen LogP contribution in [-0.4, -0.2) is 82.1 Å². The maximum Gasteiger partial charge on any atom is 0.318 e. The third kappa shape index (κ3) is 5.72. The van der Waals surface area contributed by atoms with Gasteiger partial charge in [0.1, 0.15) is 46.8 Å². The van der Waals surface area contributed by atoms with E-state index < -0.39 is 17.8 Å². The number of ether oxygens (including phenoxy) is 2. The van der Waals surface area contributed by atoms with Crippen LogP contribution in [0.25, 0.3) is 33.1 Å². The van der Waals surface area contributed by atoms with Crippen molar-refractivity contribution in [3.05, 3.63) is 35.5 Å². The van der Waals surface area contributed by atoms with Crippen molar-refractivity contribution < 1.29 is 27.8 Å². The zero-order chi connectivity index (χ0) is 30.8. The zero-order valence-electron chi connectivity index (χ0n) is 25.1. The highest BCUT2D eigenvalue weighted by Gasteiger charge is 2.30. The summed E-state index contributed by atoms with van der Waals surface area (Å²) in [5.74, 6) is -0.792. The monoisotopic (exact) mass is 598 g/mol. The van der Waals surface area contributed by atoms with Crippen LogP contribution >= 0.6 is 0 Å². The van der Waals surface area contributed by atoms with E-state index >= 15 is 4.39 Å². The molecule has 1 fully saturated rings. The van der Waals surface area contributed by atoms with E-state index in [9.17, 15) is 13.9 Å². The van der Waals surface area contributed by atoms with Crippen LogP contribution in [0.2, 0.25) is 0 Å². The van der Waals surface area contributed by atoms with Gasteiger partial charge in [0, 0.05) is 36.1 Å². The van der Waals surface area contributed by atoms with E-state index in [2.05, 4.69) is 38.7 Å². The molecule has 1 aromatic carbocycles. The summed E-state index contributed by atoms with van der Waals surface area (Å²) in [5.41, 5.74) is 0.715. The second-order valence-electron chi connectivity index (χ2n) is 10.6. The van der Waals surface area contributed by atoms with E-state index in [4.69, 9.17) is 9.47 Å². The molecule has 0 aliphatic carbocycles. The molecule has 2 unspecified atom stereocenters. The predicted octanol–water partition coefficient (Wildman–Crippen LogP) is 5.84. The minimum Gasteiger partial charge on any atom is -0.508 e. The van der Waals surface area contributed by atoms with Gasteiger partial charge in [-0.05, 0) is 44.4 Å². The third-order valence-corrected chi connectivity index (χ3v) is 8.15. The average Bonchev–Trinajstić information content (AvgIpc) is 3.29. The zero-order valence-corrected chi connectivity index (χ0v) is 25.1. The average molecular weight is 599 g/mol. The Balaban J connectivity index is 0.000000314. The molecule has 2 aliphatic rings. The van der Waals surface area contributed by atoms with Crippen molar-refractivity contribution in [2.24, 2.45) is 0 Å². The number of aryl methyl sites for hydroxylation is 1. The standard InChI is InChI=1S/C23H21F2N5O3.C8H16FN/c1-4-12-14(24)10-26-15-9-11(31)8-13(16(12)15)19-18(25)20-17-21(29-23(28-20)32-3)30(5-2)6-7-33-22(17)27-19;1-3-8-5-7(9)6-10(8)4-2/h8-10,31H,4-7H2,1-3H3;7-8H,3-6H2,1-2H3. The number of likely N-dealkylation sites (N-methyl/N-ethyl adjacent to an activating group) is 1. The number of methoxy groups -OCH3 is 1. The first-order chi connectivity index (χ1) is 20.7. The quantitative estimate of drug-likeness (QED) is 0.294. The van der Waals surface area contributed by atoms with Gasteiger partial charge in [-0.3, -0.25) is 9.88 Å². The molecule has 12 heteroatoms. The summed E-state index contributed by atoms with van der Waals surface area (Å²) in [4.78, 5) is 21.4. The molecule has 0 spiro atoms. The van der Waals surface area contributed by atoms with Crippen LogP contribution in [-0.2, 0) is 6.42 Å². The Morgan fingerprint density at radius 3 is 2.51 bits per heavy atom. The Bertz CT molecular complexity index is 1630. The van der Waals surface area contributed by atoms with E-state index in [-0.39, 0.29) is 34.4 Å². The SMILES string of the molecule is CCC1CC(F)CN1CC.CCc1c(F)cnc2cc(O)cc(-c3nc4c5c(nc(OC)nc5c3F)N(CC)CCO4)c12. The number of halogens is 3. The van der Waals surface area contributed by atoms with Crippen molar-refractivity contribution in [2.75, 3.05) is 44.8 Å². The lowest BCUT2D eigenvalue weighted by molar-refractivity contribution is 0.251. The van der Waals surface area contributed by atoms with E-state index in [0.717, 1.165) is 25.6 Å². The number of pyridine rings is 2. The number of fused-ring (bicyclic) bond motifs is 1. The molecular weight excluding hydrogens is 561 g/mol. The number of aromatic hydroxyl groups is 1. The van der Waals surface area contributed by atoms with Crippen LogP contribution in [0.4, 0.5) is 19.0 Å². The molecule has 3 aromatic heterocycles. The number of hydrogen-bond donors (Lipinski definition) is 1. The van der Waals surface area contributed by atoms with E-state index in [1.54, 1.807) is 6.92 Å². The molecule has 0 amide bonds. The summed E-state index contributed by atoms with van der Waals surface area (Å²) in [6.45, 7) is 11.1. The number of likely N-dealkylation sites (tertiary alicyclic amines) is 1. The molecule has 0 bridgehead atoms. The van der Waals surface area contributed by atoms with Gasteiger partial charge in [-0.2, -0.15) is 9.97 Å². The topological polar surface area (TPSA) is 96.7 Å². The number of benzene rings is 1. The van der Waals surface area contributed by atoms with Gasteiger partial charge in [0.2, 0.25) is 5.88 Å². The first-order valence-electron chi connectivity index (χ1n) is 14.8. The molecule has 2 aliphatic heterocycles. The minimum absolute atomic E-state index is 0.00238. The number of hydrogen-bond acceptors (Lipinski definition) is 9. The molecule has 9 nitrogen and oxygen atoms in total. The fourth-order valence-electron chi connectivity index (χ4n) is 5.99. The second kappa shape index (κ2) is 12.7. The van der Waals surface area contributed by atoms with Crippen LogP contribution in [0.1, 0.15) is 46.1 Å². The molecule has 1 N–H and O–H groups in total. The summed E-state index contributed by atoms with van der Waals surface area (Å²) in [5, 5.41) is 11.0. The summed E-state index contributed by atoms with van der Waals surface area (Å²) in [6, 6.07) is 3.27. The van der Waals surface area contributed by atoms with E-state index in [1.165, 1.54) is 19.2 Å². The number of alkyl halides is 1. The number of phenols is 1. The maximum absolute atomic E-state index is 16.1. The van der Waals surface area contributed by atoms with Gasteiger partial charge in [0.15, 0.2) is 5.82 Å². The molecule has 4 aromatic rings. The highest BCUT2D eigenvalue weighted by molar-refractivity contribution is 6.02. The van der Waals surface area contributed by atoms with Crippen molar-refractivity contribution in [3.8, 4) is 28.9 Å². The van der Waals surface area contributed by atoms with E-state index in [1.807, 2.05) is 11.8 Å². The Labute approximate surface area is 248 Å². The smallest absolute Gasteiger partial charge is 0.318 e. The molecular formula is C31H37F3N6O3. The summed E-state index contributed by atoms with van der Waals surface area (Å²) < 4.78 is 54.5. The van der Waals surface area contributed by atoms with Gasteiger partial charge in [0.25, 0.3) is 0 Å². The summed E-state index contributed by atoms with van der Waals surface area (Å²) >= 11 is 0. The molecule has 0 saturated carbocycles. The van der Waals surface area contributed by atoms with Gasteiger partial charge in [-0.1, -0.05) is 20.8 Å². The van der Waals surface area contributed by atoms with Gasteiger partial charge >= 0.3 is 6.01 Å². The first kappa shape index (κ1) is 30.5. The van der Waals surface area contributed by atoms with Gasteiger partial charge < -0.3 is 19.5 Å². The summed E-state index contributed by atoms with van der Waals surface area (Å²) in [6.07, 6.45) is 2.71. The minimum atomic E-state index is -0.754. The van der Waals surface area contributed by atoms with Crippen LogP contribution in [0.3, 0.4) is 0 Å². The van der Waals surface area contributed by atoms with Crippen molar-refractivity contribution in [2.45, 2.75) is 59.2 Å². The predicted molar refractivity (Wildman–Crippen MR) is 160 cm³/mol. The number of aromatic nitrogens is 4. The number of rotatable bonds is 6. The normalized spacial score (nSPS) is 18.4. The van der Waals surface area contributed by atoms with Crippen molar-refractivity contribution in [1.82, 2.24) is 24.8 Å². The van der Waals surface area contributed by atoms with Crippen molar-refractivity contribution >= 4 is 27.6 Å². The van der Waals surface area contributed by atoms with Crippen molar-refractivity contribution in [1.29, 1.82) is 0 Å². The molecule has 0 radical (unpaired) electrons. The number of nitrogens with zero attached hydrogens (tertiary/aromatic N) is 6. The van der Waals surface area contributed by atoms with Gasteiger partial charge in [0.05, 0.1) is 25.4 Å². The van der Waals surface area contributed by atoms with Crippen LogP contribution in [0.5, 0.6) is 17.6 Å². The Morgan fingerprint density at radius 1 is 1.07 bits per heavy atom. The Kier molecular flexibility index (Phi) is 9.05. The van der Waals surface area contributed by atoms with Crippen LogP contribution < -0.4 is 14.4 Å². The fourth-order valence-corrected chi connectivity index (χ4v) is 5.99. The molecule has 6 rings (SSSR count). The highest BCUT2D eigenvalue weighted by Crippen LogP contribution is 2.42. The molecule has 2 atom stereocenters. The molecule has 5 heterocycles. The van der Waals surface area contributed by atoms with Crippen molar-refractivity contribution in [3.63, 3.8) is 0 Å². The fraction of sp³-hybridized carbons (Fsp3) is 0.484. The summed E-state index contributed by atoms with van der Waals surface area (Å²) in [7, 11) is 1.41. The number of anilines is 1. The van der Waals surface area contributed by atoms with Crippen LogP contribution in [0.15, 0.2) is 18.3 Å². The highest BCUT2D eigenvalue weighted by atomic mass is 19.1. The Morgan fingerprint density at radius 2 is 1.86 bits per heavy atom. The first-order valence-corrected chi connectivity index (χ1v) is 14.8. The van der Waals surface area contributed by atoms with Gasteiger partial charge in [-0.15, -0.1) is 0 Å². The lowest BCUT2D eigenvalue weighted by Gasteiger charge is -2.20. The second-order valence-corrected chi connectivity index (χ2v) is 10.6. The lowest BCUT2D eigenvalue weighted by Crippen LogP contribution is -2.28. The molecule has 43 heavy (non-hydrogen) atoms. The Hall–Kier alpha value is -3.93. The molecule has 230 valence electrons.